The Morgan fingerprint density at radius 3 is 2.59 bits per heavy atom. The minimum atomic E-state index is -0.319. The van der Waals surface area contributed by atoms with Gasteiger partial charge in [-0.2, -0.15) is 0 Å². The first-order chi connectivity index (χ1) is 12.9. The van der Waals surface area contributed by atoms with Crippen LogP contribution in [0.4, 0.5) is 0 Å². The van der Waals surface area contributed by atoms with Crippen molar-refractivity contribution in [1.29, 1.82) is 0 Å². The fraction of sp³-hybridized carbons (Fsp3) is 0.714. The monoisotopic (exact) mass is 375 g/mol. The molecule has 1 aromatic heterocycles. The number of hydrogen-bond donors (Lipinski definition) is 1. The van der Waals surface area contributed by atoms with E-state index in [1.807, 2.05) is 4.90 Å². The molecule has 2 aliphatic rings. The van der Waals surface area contributed by atoms with Gasteiger partial charge in [0.05, 0.1) is 18.0 Å². The van der Waals surface area contributed by atoms with Crippen molar-refractivity contribution in [3.8, 4) is 0 Å². The maximum Gasteiger partial charge on any atom is 0.289 e. The summed E-state index contributed by atoms with van der Waals surface area (Å²) in [6.45, 7) is 10.7. The number of carbonyl (C=O) groups is 2. The van der Waals surface area contributed by atoms with Crippen LogP contribution in [0.25, 0.3) is 0 Å². The molecule has 2 fully saturated rings. The van der Waals surface area contributed by atoms with Crippen LogP contribution in [-0.4, -0.2) is 53.0 Å². The van der Waals surface area contributed by atoms with E-state index in [0.29, 0.717) is 30.7 Å². The Morgan fingerprint density at radius 2 is 2.04 bits per heavy atom. The molecule has 2 aliphatic heterocycles. The minimum Gasteiger partial charge on any atom is -0.459 e. The van der Waals surface area contributed by atoms with Crippen LogP contribution in [0.3, 0.4) is 0 Å². The van der Waals surface area contributed by atoms with Gasteiger partial charge in [0.2, 0.25) is 5.91 Å². The molecule has 1 N–H and O–H groups in total. The standard InChI is InChI=1S/C21H33N3O3/c1-5-16(4)14-24-19(25)17(13-15(2)3)22-21(24)8-10-23(11-9-21)20(26)18-7-6-12-27-18/h6-7,12,15-17,22H,5,8-11,13-14H2,1-4H3. The van der Waals surface area contributed by atoms with Crippen LogP contribution in [0.15, 0.2) is 22.8 Å². The highest BCUT2D eigenvalue weighted by Gasteiger charge is 2.51. The third-order valence-electron chi connectivity index (χ3n) is 6.03. The zero-order valence-corrected chi connectivity index (χ0v) is 17.0. The number of hydrogen-bond acceptors (Lipinski definition) is 4. The summed E-state index contributed by atoms with van der Waals surface area (Å²) in [6.07, 6.45) is 4.96. The molecule has 150 valence electrons. The van der Waals surface area contributed by atoms with Gasteiger partial charge in [-0.15, -0.1) is 0 Å². The van der Waals surface area contributed by atoms with E-state index in [1.54, 1.807) is 12.1 Å². The Bertz CT molecular complexity index is 648. The zero-order valence-electron chi connectivity index (χ0n) is 17.0. The van der Waals surface area contributed by atoms with E-state index in [9.17, 15) is 9.59 Å². The van der Waals surface area contributed by atoms with Gasteiger partial charge in [-0.1, -0.05) is 34.1 Å². The molecule has 0 bridgehead atoms. The van der Waals surface area contributed by atoms with Crippen molar-refractivity contribution >= 4 is 11.8 Å². The molecule has 2 amide bonds. The fourth-order valence-electron chi connectivity index (χ4n) is 4.25. The number of carbonyl (C=O) groups excluding carboxylic acids is 2. The maximum absolute atomic E-state index is 13.1. The molecule has 2 saturated heterocycles. The van der Waals surface area contributed by atoms with Gasteiger partial charge in [-0.25, -0.2) is 0 Å². The number of amides is 2. The van der Waals surface area contributed by atoms with E-state index >= 15 is 0 Å². The summed E-state index contributed by atoms with van der Waals surface area (Å²) in [5.41, 5.74) is -0.319. The fourth-order valence-corrected chi connectivity index (χ4v) is 4.25. The third-order valence-corrected chi connectivity index (χ3v) is 6.03. The predicted octanol–water partition coefficient (Wildman–Crippen LogP) is 3.10. The van der Waals surface area contributed by atoms with Gasteiger partial charge < -0.3 is 14.2 Å². The first kappa shape index (κ1) is 19.9. The Balaban J connectivity index is 1.73. The number of nitrogens with one attached hydrogen (secondary N) is 1. The lowest BCUT2D eigenvalue weighted by molar-refractivity contribution is -0.134. The average molecular weight is 376 g/mol. The van der Waals surface area contributed by atoms with E-state index in [4.69, 9.17) is 4.42 Å². The molecule has 3 rings (SSSR count). The molecule has 1 aromatic rings. The first-order valence-corrected chi connectivity index (χ1v) is 10.3. The molecular weight excluding hydrogens is 342 g/mol. The summed E-state index contributed by atoms with van der Waals surface area (Å²) in [6, 6.07) is 3.33. The van der Waals surface area contributed by atoms with E-state index in [2.05, 4.69) is 37.9 Å². The molecule has 0 aromatic carbocycles. The number of nitrogens with zero attached hydrogens (tertiary/aromatic N) is 2. The Morgan fingerprint density at radius 1 is 1.33 bits per heavy atom. The van der Waals surface area contributed by atoms with Gasteiger partial charge >= 0.3 is 0 Å². The van der Waals surface area contributed by atoms with Crippen LogP contribution in [0.2, 0.25) is 0 Å². The molecule has 27 heavy (non-hydrogen) atoms. The van der Waals surface area contributed by atoms with Gasteiger partial charge in [0.1, 0.15) is 0 Å². The van der Waals surface area contributed by atoms with Crippen LogP contribution < -0.4 is 5.32 Å². The summed E-state index contributed by atoms with van der Waals surface area (Å²) in [5, 5.41) is 3.68. The van der Waals surface area contributed by atoms with Gasteiger partial charge in [0, 0.05) is 32.5 Å². The second-order valence-corrected chi connectivity index (χ2v) is 8.59. The largest absolute Gasteiger partial charge is 0.459 e. The summed E-state index contributed by atoms with van der Waals surface area (Å²) in [7, 11) is 0. The first-order valence-electron chi connectivity index (χ1n) is 10.3. The number of furan rings is 1. The van der Waals surface area contributed by atoms with Crippen molar-refractivity contribution in [1.82, 2.24) is 15.1 Å². The van der Waals surface area contributed by atoms with E-state index < -0.39 is 0 Å². The van der Waals surface area contributed by atoms with Crippen LogP contribution in [0.5, 0.6) is 0 Å². The third kappa shape index (κ3) is 4.05. The molecule has 0 saturated carbocycles. The topological polar surface area (TPSA) is 65.8 Å². The van der Waals surface area contributed by atoms with Crippen molar-refractivity contribution in [3.05, 3.63) is 24.2 Å². The molecule has 2 atom stereocenters. The van der Waals surface area contributed by atoms with Crippen molar-refractivity contribution in [2.45, 2.75) is 65.1 Å². The molecule has 2 unspecified atom stereocenters. The highest BCUT2D eigenvalue weighted by molar-refractivity contribution is 5.91. The normalized spacial score (nSPS) is 23.4. The lowest BCUT2D eigenvalue weighted by Crippen LogP contribution is -2.60. The Labute approximate surface area is 162 Å². The predicted molar refractivity (Wildman–Crippen MR) is 104 cm³/mol. The molecule has 0 aliphatic carbocycles. The highest BCUT2D eigenvalue weighted by Crippen LogP contribution is 2.35. The lowest BCUT2D eigenvalue weighted by Gasteiger charge is -2.45. The lowest BCUT2D eigenvalue weighted by atomic mass is 9.94. The average Bonchev–Trinajstić information content (AvgIpc) is 3.25. The summed E-state index contributed by atoms with van der Waals surface area (Å²) in [4.78, 5) is 29.6. The van der Waals surface area contributed by atoms with Crippen molar-refractivity contribution in [3.63, 3.8) is 0 Å². The second-order valence-electron chi connectivity index (χ2n) is 8.59. The van der Waals surface area contributed by atoms with Crippen molar-refractivity contribution in [2.75, 3.05) is 19.6 Å². The quantitative estimate of drug-likeness (QED) is 0.830. The number of piperidine rings is 1. The second kappa shape index (κ2) is 8.05. The van der Waals surface area contributed by atoms with Crippen LogP contribution in [0, 0.1) is 11.8 Å². The maximum atomic E-state index is 13.1. The van der Waals surface area contributed by atoms with Crippen LogP contribution >= 0.6 is 0 Å². The highest BCUT2D eigenvalue weighted by atomic mass is 16.3. The Hall–Kier alpha value is -1.82. The van der Waals surface area contributed by atoms with Crippen LogP contribution in [0.1, 0.15) is 63.9 Å². The van der Waals surface area contributed by atoms with Crippen molar-refractivity contribution in [2.24, 2.45) is 11.8 Å². The Kier molecular flexibility index (Phi) is 5.94. The van der Waals surface area contributed by atoms with Crippen LogP contribution in [-0.2, 0) is 4.79 Å². The van der Waals surface area contributed by atoms with Crippen molar-refractivity contribution < 1.29 is 14.0 Å². The molecule has 0 radical (unpaired) electrons. The molecule has 6 heteroatoms. The van der Waals surface area contributed by atoms with Gasteiger partial charge in [0.15, 0.2) is 5.76 Å². The number of likely N-dealkylation sites (tertiary alicyclic amines) is 1. The van der Waals surface area contributed by atoms with Gasteiger partial charge in [-0.3, -0.25) is 14.9 Å². The number of rotatable bonds is 6. The SMILES string of the molecule is CCC(C)CN1C(=O)C(CC(C)C)NC12CCN(C(=O)c1ccco1)CC2. The van der Waals surface area contributed by atoms with Gasteiger partial charge in [-0.05, 0) is 30.4 Å². The van der Waals surface area contributed by atoms with E-state index in [1.165, 1.54) is 6.26 Å². The zero-order chi connectivity index (χ0) is 19.6. The molecular formula is C21H33N3O3. The van der Waals surface area contributed by atoms with E-state index in [-0.39, 0.29) is 23.5 Å². The summed E-state index contributed by atoms with van der Waals surface area (Å²) >= 11 is 0. The molecule has 6 nitrogen and oxygen atoms in total. The molecule has 1 spiro atoms. The minimum absolute atomic E-state index is 0.0635. The molecule has 3 heterocycles. The van der Waals surface area contributed by atoms with Gasteiger partial charge in [0.25, 0.3) is 5.91 Å². The smallest absolute Gasteiger partial charge is 0.289 e. The van der Waals surface area contributed by atoms with E-state index in [0.717, 1.165) is 32.2 Å². The summed E-state index contributed by atoms with van der Waals surface area (Å²) < 4.78 is 5.26. The summed E-state index contributed by atoms with van der Waals surface area (Å²) in [5.74, 6) is 1.48.